The van der Waals surface area contributed by atoms with Crippen LogP contribution in [0.1, 0.15) is 0 Å². The molecule has 0 bridgehead atoms. The van der Waals surface area contributed by atoms with Gasteiger partial charge in [-0.15, -0.1) is 0 Å². The smallest absolute Gasteiger partial charge is 0.243 e. The summed E-state index contributed by atoms with van der Waals surface area (Å²) in [6.07, 6.45) is 0.547. The maximum Gasteiger partial charge on any atom is 0.243 e. The minimum Gasteiger partial charge on any atom is -0.379 e. The molecule has 0 saturated carbocycles. The Morgan fingerprint density at radius 2 is 1.78 bits per heavy atom. The van der Waals surface area contributed by atoms with E-state index in [2.05, 4.69) is 5.32 Å². The molecule has 98 valence electrons. The van der Waals surface area contributed by atoms with Gasteiger partial charge in [0.1, 0.15) is 0 Å². The normalized spacial score (nSPS) is 17.3. The summed E-state index contributed by atoms with van der Waals surface area (Å²) >= 11 is 0. The van der Waals surface area contributed by atoms with Crippen molar-refractivity contribution in [2.24, 2.45) is 0 Å². The number of carbonyl (C=O) groups excluding carboxylic acids is 1. The molecule has 0 unspecified atom stereocenters. The van der Waals surface area contributed by atoms with Gasteiger partial charge in [-0.05, 0) is 24.3 Å². The van der Waals surface area contributed by atoms with Crippen LogP contribution in [0.25, 0.3) is 0 Å². The molecule has 1 saturated heterocycles. The molecule has 1 heterocycles. The van der Waals surface area contributed by atoms with Crippen molar-refractivity contribution in [3.63, 3.8) is 0 Å². The summed E-state index contributed by atoms with van der Waals surface area (Å²) in [6, 6.07) is 6.08. The minimum atomic E-state index is -3.46. The van der Waals surface area contributed by atoms with Crippen LogP contribution in [0.3, 0.4) is 0 Å². The number of rotatable bonds is 4. The Balaban J connectivity index is 2.20. The van der Waals surface area contributed by atoms with Gasteiger partial charge in [-0.3, -0.25) is 4.79 Å². The van der Waals surface area contributed by atoms with E-state index >= 15 is 0 Å². The number of benzene rings is 1. The Kier molecular flexibility index (Phi) is 3.95. The number of sulfonamides is 1. The number of hydrogen-bond donors (Lipinski definition) is 1. The van der Waals surface area contributed by atoms with Crippen molar-refractivity contribution >= 4 is 22.1 Å². The van der Waals surface area contributed by atoms with E-state index in [1.807, 2.05) is 0 Å². The number of morpholine rings is 1. The number of nitrogens with one attached hydrogen (secondary N) is 1. The molecule has 1 aromatic carbocycles. The van der Waals surface area contributed by atoms with Gasteiger partial charge in [-0.1, -0.05) is 0 Å². The highest BCUT2D eigenvalue weighted by atomic mass is 32.2. The van der Waals surface area contributed by atoms with Crippen LogP contribution in [-0.4, -0.2) is 45.4 Å². The van der Waals surface area contributed by atoms with Crippen LogP contribution in [0, 0.1) is 0 Å². The highest BCUT2D eigenvalue weighted by Gasteiger charge is 2.25. The van der Waals surface area contributed by atoms with Crippen molar-refractivity contribution in [3.8, 4) is 0 Å². The molecule has 1 fully saturated rings. The maximum absolute atomic E-state index is 12.2. The first kappa shape index (κ1) is 13.0. The van der Waals surface area contributed by atoms with Gasteiger partial charge < -0.3 is 10.1 Å². The molecular weight excluding hydrogens is 256 g/mol. The van der Waals surface area contributed by atoms with E-state index in [9.17, 15) is 13.2 Å². The summed E-state index contributed by atoms with van der Waals surface area (Å²) in [5, 5.41) is 2.46. The summed E-state index contributed by atoms with van der Waals surface area (Å²) in [7, 11) is -3.46. The van der Waals surface area contributed by atoms with Gasteiger partial charge in [0.25, 0.3) is 0 Å². The van der Waals surface area contributed by atoms with E-state index in [0.29, 0.717) is 38.4 Å². The molecule has 0 aliphatic carbocycles. The van der Waals surface area contributed by atoms with Gasteiger partial charge in [0.2, 0.25) is 16.4 Å². The minimum absolute atomic E-state index is 0.223. The molecule has 1 aromatic rings. The van der Waals surface area contributed by atoms with E-state index < -0.39 is 10.0 Å². The summed E-state index contributed by atoms with van der Waals surface area (Å²) in [5.74, 6) is 0. The maximum atomic E-state index is 12.2. The zero-order chi connectivity index (χ0) is 13.0. The predicted octanol–water partition coefficient (Wildman–Crippen LogP) is 0.276. The van der Waals surface area contributed by atoms with Crippen molar-refractivity contribution in [2.75, 3.05) is 31.6 Å². The van der Waals surface area contributed by atoms with Gasteiger partial charge >= 0.3 is 0 Å². The van der Waals surface area contributed by atoms with Crippen LogP contribution < -0.4 is 5.32 Å². The average molecular weight is 270 g/mol. The summed E-state index contributed by atoms with van der Waals surface area (Å²) in [4.78, 5) is 10.5. The second kappa shape index (κ2) is 5.47. The van der Waals surface area contributed by atoms with Gasteiger partial charge in [0, 0.05) is 18.8 Å². The van der Waals surface area contributed by atoms with E-state index in [0.717, 1.165) is 0 Å². The quantitative estimate of drug-likeness (QED) is 0.797. The van der Waals surface area contributed by atoms with Crippen molar-refractivity contribution in [3.05, 3.63) is 24.3 Å². The molecule has 0 atom stereocenters. The molecule has 0 aromatic heterocycles. The predicted molar refractivity (Wildman–Crippen MR) is 65.7 cm³/mol. The number of carbonyl (C=O) groups is 1. The molecule has 1 N–H and O–H groups in total. The van der Waals surface area contributed by atoms with Gasteiger partial charge in [0.15, 0.2) is 0 Å². The Bertz CT molecular complexity index is 506. The monoisotopic (exact) mass is 270 g/mol. The van der Waals surface area contributed by atoms with Crippen LogP contribution in [0.15, 0.2) is 29.2 Å². The van der Waals surface area contributed by atoms with Gasteiger partial charge in [-0.25, -0.2) is 8.42 Å². The van der Waals surface area contributed by atoms with Crippen LogP contribution in [-0.2, 0) is 19.6 Å². The molecule has 18 heavy (non-hydrogen) atoms. The van der Waals surface area contributed by atoms with Gasteiger partial charge in [0.05, 0.1) is 18.1 Å². The Morgan fingerprint density at radius 1 is 1.17 bits per heavy atom. The van der Waals surface area contributed by atoms with Crippen LogP contribution in [0.2, 0.25) is 0 Å². The lowest BCUT2D eigenvalue weighted by Gasteiger charge is -2.26. The number of ether oxygens (including phenoxy) is 1. The molecule has 0 spiro atoms. The topological polar surface area (TPSA) is 75.7 Å². The summed E-state index contributed by atoms with van der Waals surface area (Å²) < 4.78 is 31.0. The Hall–Kier alpha value is -1.44. The Labute approximate surface area is 106 Å². The van der Waals surface area contributed by atoms with Crippen molar-refractivity contribution in [1.82, 2.24) is 4.31 Å². The Morgan fingerprint density at radius 3 is 2.33 bits per heavy atom. The van der Waals surface area contributed by atoms with E-state index in [4.69, 9.17) is 4.74 Å². The van der Waals surface area contributed by atoms with Crippen molar-refractivity contribution in [2.45, 2.75) is 4.90 Å². The first-order valence-electron chi connectivity index (χ1n) is 5.53. The molecule has 1 aliphatic rings. The average Bonchev–Trinajstić information content (AvgIpc) is 2.41. The lowest BCUT2D eigenvalue weighted by Crippen LogP contribution is -2.40. The summed E-state index contributed by atoms with van der Waals surface area (Å²) in [6.45, 7) is 1.58. The molecular formula is C11H14N2O4S. The third-order valence-electron chi connectivity index (χ3n) is 2.69. The van der Waals surface area contributed by atoms with Crippen LogP contribution in [0.4, 0.5) is 5.69 Å². The SMILES string of the molecule is O=CNc1ccc(S(=O)(=O)N2CCOCC2)cc1. The van der Waals surface area contributed by atoms with E-state index in [1.54, 1.807) is 12.1 Å². The van der Waals surface area contributed by atoms with Gasteiger partial charge in [-0.2, -0.15) is 4.31 Å². The lowest BCUT2D eigenvalue weighted by atomic mass is 10.3. The first-order valence-corrected chi connectivity index (χ1v) is 6.97. The fourth-order valence-corrected chi connectivity index (χ4v) is 3.14. The number of hydrogen-bond acceptors (Lipinski definition) is 4. The molecule has 0 radical (unpaired) electrons. The third-order valence-corrected chi connectivity index (χ3v) is 4.60. The molecule has 1 aliphatic heterocycles. The van der Waals surface area contributed by atoms with E-state index in [-0.39, 0.29) is 4.90 Å². The lowest BCUT2D eigenvalue weighted by molar-refractivity contribution is -0.105. The fourth-order valence-electron chi connectivity index (χ4n) is 1.73. The highest BCUT2D eigenvalue weighted by Crippen LogP contribution is 2.19. The van der Waals surface area contributed by atoms with E-state index in [1.165, 1.54) is 16.4 Å². The van der Waals surface area contributed by atoms with Crippen molar-refractivity contribution in [1.29, 1.82) is 0 Å². The number of amides is 1. The van der Waals surface area contributed by atoms with Crippen LogP contribution in [0.5, 0.6) is 0 Å². The highest BCUT2D eigenvalue weighted by molar-refractivity contribution is 7.89. The zero-order valence-electron chi connectivity index (χ0n) is 9.70. The summed E-state index contributed by atoms with van der Waals surface area (Å²) in [5.41, 5.74) is 0.561. The standard InChI is InChI=1S/C11H14N2O4S/c14-9-12-10-1-3-11(4-2-10)18(15,16)13-5-7-17-8-6-13/h1-4,9H,5-8H2,(H,12,14). The first-order chi connectivity index (χ1) is 8.64. The van der Waals surface area contributed by atoms with Crippen LogP contribution >= 0.6 is 0 Å². The van der Waals surface area contributed by atoms with Crippen molar-refractivity contribution < 1.29 is 17.9 Å². The second-order valence-electron chi connectivity index (χ2n) is 3.80. The fraction of sp³-hybridized carbons (Fsp3) is 0.364. The molecule has 1 amide bonds. The largest absolute Gasteiger partial charge is 0.379 e. The third kappa shape index (κ3) is 2.69. The molecule has 7 heteroatoms. The number of anilines is 1. The second-order valence-corrected chi connectivity index (χ2v) is 5.74. The molecule has 2 rings (SSSR count). The zero-order valence-corrected chi connectivity index (χ0v) is 10.5. The molecule has 6 nitrogen and oxygen atoms in total. The number of nitrogens with zero attached hydrogens (tertiary/aromatic N) is 1.